The molecule has 0 bridgehead atoms. The number of carbonyl (C=O) groups is 2. The van der Waals surface area contributed by atoms with E-state index in [9.17, 15) is 61.0 Å². The second-order valence-corrected chi connectivity index (χ2v) is 18.2. The molecule has 6 aromatic rings. The molecule has 0 amide bonds. The lowest BCUT2D eigenvalue weighted by atomic mass is 9.93. The first-order chi connectivity index (χ1) is 34.8. The number of aromatic amines is 2. The van der Waals surface area contributed by atoms with Crippen molar-refractivity contribution in [3.63, 3.8) is 0 Å². The predicted molar refractivity (Wildman–Crippen MR) is 242 cm³/mol. The second-order valence-electron chi connectivity index (χ2n) is 18.2. The van der Waals surface area contributed by atoms with E-state index in [0.717, 1.165) is 34.7 Å². The van der Waals surface area contributed by atoms with Crippen LogP contribution in [0.4, 0.5) is 0 Å². The molecular weight excluding hydrogens is 945 g/mol. The van der Waals surface area contributed by atoms with Crippen LogP contribution < -0.4 is 0 Å². The Hall–Kier alpha value is -6.82. The standard InChI is InChI=1S/2C23H26N6O7/c2*24-6-4-14(29-9-11(8-28-29)16-13-5-7-25-21(13)27-10-26-16)12-2-1-3-15(12)35-23-19(32)17(30)18(31)20(36-23)22(33)34/h2*5,7-10,12,14-15,17-20,23,30-32H,1-4H2,(H,33,34)(H,25,26,27). The Bertz CT molecular complexity index is 2740. The summed E-state index contributed by atoms with van der Waals surface area (Å²) in [6, 6.07) is 7.43. The van der Waals surface area contributed by atoms with E-state index in [1.165, 1.54) is 12.7 Å². The smallest absolute Gasteiger partial charge is 0.335 e. The van der Waals surface area contributed by atoms with E-state index < -0.39 is 85.6 Å². The number of ether oxygens (including phenoxy) is 4. The molecule has 0 radical (unpaired) electrons. The Morgan fingerprint density at radius 1 is 0.639 bits per heavy atom. The maximum Gasteiger partial charge on any atom is 0.335 e. The number of aliphatic hydroxyl groups excluding tert-OH is 6. The third-order valence-corrected chi connectivity index (χ3v) is 14.0. The lowest BCUT2D eigenvalue weighted by Gasteiger charge is -2.40. The fourth-order valence-electron chi connectivity index (χ4n) is 10.4. The van der Waals surface area contributed by atoms with Crippen molar-refractivity contribution in [1.82, 2.24) is 49.5 Å². The molecule has 16 unspecified atom stereocenters. The molecule has 6 aromatic heterocycles. The van der Waals surface area contributed by atoms with Crippen molar-refractivity contribution in [1.29, 1.82) is 10.5 Å². The van der Waals surface area contributed by atoms with Crippen LogP contribution in [0.25, 0.3) is 44.6 Å². The first kappa shape index (κ1) is 50.1. The van der Waals surface area contributed by atoms with Crippen LogP contribution in [0.15, 0.2) is 62.0 Å². The highest BCUT2D eigenvalue weighted by Gasteiger charge is 2.51. The first-order valence-electron chi connectivity index (χ1n) is 23.3. The van der Waals surface area contributed by atoms with E-state index in [1.807, 2.05) is 24.5 Å². The lowest BCUT2D eigenvalue weighted by Crippen LogP contribution is -2.61. The quantitative estimate of drug-likeness (QED) is 0.0718. The van der Waals surface area contributed by atoms with Crippen molar-refractivity contribution in [3.05, 3.63) is 62.0 Å². The van der Waals surface area contributed by atoms with E-state index >= 15 is 0 Å². The summed E-state index contributed by atoms with van der Waals surface area (Å²) in [6.45, 7) is 0. The van der Waals surface area contributed by atoms with E-state index in [4.69, 9.17) is 18.9 Å². The Labute approximate surface area is 408 Å². The molecule has 4 aliphatic rings. The van der Waals surface area contributed by atoms with Gasteiger partial charge in [0.1, 0.15) is 60.6 Å². The van der Waals surface area contributed by atoms with Crippen LogP contribution in [0, 0.1) is 34.5 Å². The molecule has 26 nitrogen and oxygen atoms in total. The third-order valence-electron chi connectivity index (χ3n) is 14.0. The van der Waals surface area contributed by atoms with Crippen LogP contribution in [-0.2, 0) is 28.5 Å². The number of nitrogens with one attached hydrogen (secondary N) is 2. The number of hydrogen-bond acceptors (Lipinski definition) is 20. The number of hydrogen-bond donors (Lipinski definition) is 10. The van der Waals surface area contributed by atoms with E-state index in [0.29, 0.717) is 48.4 Å². The molecule has 2 saturated carbocycles. The van der Waals surface area contributed by atoms with Crippen molar-refractivity contribution < 1.29 is 69.4 Å². The highest BCUT2D eigenvalue weighted by Crippen LogP contribution is 2.42. The van der Waals surface area contributed by atoms with Crippen molar-refractivity contribution in [2.45, 2.75) is 137 Å². The highest BCUT2D eigenvalue weighted by molar-refractivity contribution is 5.90. The first-order valence-corrected chi connectivity index (χ1v) is 23.3. The summed E-state index contributed by atoms with van der Waals surface area (Å²) in [6.07, 6.45) is 0.154. The van der Waals surface area contributed by atoms with Crippen LogP contribution >= 0.6 is 0 Å². The molecule has 0 spiro atoms. The molecular formula is C46H52N12O14. The number of fused-ring (bicyclic) bond motifs is 2. The molecule has 72 heavy (non-hydrogen) atoms. The third kappa shape index (κ3) is 9.89. The van der Waals surface area contributed by atoms with Crippen molar-refractivity contribution in [2.75, 3.05) is 0 Å². The number of nitriles is 2. The number of rotatable bonds is 14. The molecule has 10 N–H and O–H groups in total. The van der Waals surface area contributed by atoms with Gasteiger partial charge in [-0.2, -0.15) is 20.7 Å². The largest absolute Gasteiger partial charge is 0.479 e. The van der Waals surface area contributed by atoms with Gasteiger partial charge in [0.15, 0.2) is 24.8 Å². The number of aliphatic carboxylic acids is 2. The van der Waals surface area contributed by atoms with Crippen molar-refractivity contribution in [3.8, 4) is 34.7 Å². The number of aliphatic hydroxyl groups is 6. The maximum absolute atomic E-state index is 11.4. The minimum absolute atomic E-state index is 0.141. The number of aromatic nitrogens is 10. The maximum atomic E-state index is 11.4. The minimum Gasteiger partial charge on any atom is -0.479 e. The van der Waals surface area contributed by atoms with Gasteiger partial charge in [0, 0.05) is 58.5 Å². The molecule has 0 aromatic carbocycles. The van der Waals surface area contributed by atoms with Crippen molar-refractivity contribution >= 4 is 34.0 Å². The number of carboxylic acid groups (broad SMARTS) is 2. The Morgan fingerprint density at radius 3 is 1.44 bits per heavy atom. The molecule has 380 valence electrons. The summed E-state index contributed by atoms with van der Waals surface area (Å²) in [7, 11) is 0. The molecule has 16 atom stereocenters. The van der Waals surface area contributed by atoms with Gasteiger partial charge >= 0.3 is 11.9 Å². The minimum atomic E-state index is -1.79. The zero-order valence-corrected chi connectivity index (χ0v) is 38.2. The average Bonchev–Trinajstić information content (AvgIpc) is 4.24. The van der Waals surface area contributed by atoms with Gasteiger partial charge in [-0.1, -0.05) is 12.8 Å². The van der Waals surface area contributed by atoms with Crippen LogP contribution in [0.3, 0.4) is 0 Å². The fraction of sp³-hybridized carbons (Fsp3) is 0.522. The summed E-state index contributed by atoms with van der Waals surface area (Å²) < 4.78 is 26.0. The fourth-order valence-corrected chi connectivity index (χ4v) is 10.4. The zero-order chi connectivity index (χ0) is 50.8. The summed E-state index contributed by atoms with van der Waals surface area (Å²) in [4.78, 5) is 46.2. The van der Waals surface area contributed by atoms with E-state index in [1.54, 1.807) is 34.2 Å². The monoisotopic (exact) mass is 996 g/mol. The van der Waals surface area contributed by atoms with Gasteiger partial charge in [-0.05, 0) is 37.8 Å². The van der Waals surface area contributed by atoms with Gasteiger partial charge < -0.3 is 69.8 Å². The molecule has 8 heterocycles. The molecule has 2 saturated heterocycles. The van der Waals surface area contributed by atoms with Gasteiger partial charge in [0.25, 0.3) is 0 Å². The second kappa shape index (κ2) is 21.5. The average molecular weight is 997 g/mol. The molecule has 4 fully saturated rings. The highest BCUT2D eigenvalue weighted by atomic mass is 16.7. The number of carboxylic acids is 2. The predicted octanol–water partition coefficient (Wildman–Crippen LogP) is 0.707. The summed E-state index contributed by atoms with van der Waals surface area (Å²) in [5, 5.41) is 109. The Morgan fingerprint density at radius 2 is 1.06 bits per heavy atom. The van der Waals surface area contributed by atoms with Gasteiger partial charge in [-0.15, -0.1) is 0 Å². The van der Waals surface area contributed by atoms with Gasteiger partial charge in [0.05, 0.1) is 73.1 Å². The van der Waals surface area contributed by atoms with Crippen LogP contribution in [0.1, 0.15) is 63.5 Å². The lowest BCUT2D eigenvalue weighted by molar-refractivity contribution is -0.307. The normalized spacial score (nSPS) is 31.3. The SMILES string of the molecule is N#CCC(C1CCCC1OC1OC(C(=O)O)C(O)C(O)C1O)n1cc(-c2ncnc3[nH]ccc23)cn1.N#CCC(C1CCCC1OC1OC(C(=O)O)C(O)C(O)C1O)n1cc(-c2ncnc3[nH]ccc23)cn1. The van der Waals surface area contributed by atoms with Gasteiger partial charge in [-0.25, -0.2) is 29.5 Å². The van der Waals surface area contributed by atoms with Gasteiger partial charge in [-0.3, -0.25) is 9.36 Å². The zero-order valence-electron chi connectivity index (χ0n) is 38.2. The van der Waals surface area contributed by atoms with Gasteiger partial charge in [0.2, 0.25) is 0 Å². The van der Waals surface area contributed by atoms with E-state index in [-0.39, 0.29) is 36.8 Å². The topological polar surface area (TPSA) is 399 Å². The number of H-pyrrole nitrogens is 2. The molecule has 26 heteroatoms. The molecule has 2 aliphatic carbocycles. The molecule has 2 aliphatic heterocycles. The van der Waals surface area contributed by atoms with E-state index in [2.05, 4.69) is 52.2 Å². The summed E-state index contributed by atoms with van der Waals surface area (Å²) >= 11 is 0. The van der Waals surface area contributed by atoms with Crippen LogP contribution in [0.5, 0.6) is 0 Å². The Kier molecular flexibility index (Phi) is 15.0. The van der Waals surface area contributed by atoms with Crippen LogP contribution in [-0.4, -0.2) is 176 Å². The van der Waals surface area contributed by atoms with Crippen LogP contribution in [0.2, 0.25) is 0 Å². The molecule has 10 rings (SSSR count). The number of nitrogens with zero attached hydrogens (tertiary/aromatic N) is 10. The Balaban J connectivity index is 0.000000178. The summed E-state index contributed by atoms with van der Waals surface area (Å²) in [5.74, 6) is -3.34. The van der Waals surface area contributed by atoms with Crippen molar-refractivity contribution in [2.24, 2.45) is 11.8 Å². The summed E-state index contributed by atoms with van der Waals surface area (Å²) in [5.41, 5.74) is 4.31.